The molecule has 0 amide bonds. The van der Waals surface area contributed by atoms with Gasteiger partial charge in [0.1, 0.15) is 0 Å². The highest BCUT2D eigenvalue weighted by molar-refractivity contribution is 8.06. The predicted octanol–water partition coefficient (Wildman–Crippen LogP) is 0.524. The van der Waals surface area contributed by atoms with Crippen LogP contribution < -0.4 is 0 Å². The Bertz CT molecular complexity index is 200. The average Bonchev–Trinajstić information content (AvgIpc) is 1.76. The maximum absolute atomic E-state index is 7.56. The molecule has 0 radical (unpaired) electrons. The lowest BCUT2D eigenvalue weighted by molar-refractivity contribution is 0.361. The molecule has 0 atom stereocenters. The van der Waals surface area contributed by atoms with E-state index in [0.29, 0.717) is 0 Å². The van der Waals surface area contributed by atoms with Crippen LogP contribution >= 0.6 is 25.2 Å². The van der Waals surface area contributed by atoms with Crippen LogP contribution in [0.4, 0.5) is 0 Å². The molecule has 0 bridgehead atoms. The lowest BCUT2D eigenvalue weighted by atomic mass is 10.6. The molecule has 11 heteroatoms. The molecule has 0 aromatic heterocycles. The van der Waals surface area contributed by atoms with E-state index in [-0.39, 0.29) is 0 Å². The Morgan fingerprint density at radius 1 is 0.938 bits per heavy atom. The van der Waals surface area contributed by atoms with Gasteiger partial charge in [-0.1, -0.05) is 20.8 Å². The topological polar surface area (TPSA) is 121 Å². The zero-order chi connectivity index (χ0) is 14.0. The summed E-state index contributed by atoms with van der Waals surface area (Å²) in [5.74, 6) is 1.25. The van der Waals surface area contributed by atoms with E-state index in [1.807, 2.05) is 11.8 Å². The molecule has 0 aromatic carbocycles. The zero-order valence-electron chi connectivity index (χ0n) is 9.09. The SMILES string of the molecule is CCSC(C)C.OP(O)(O)=S.OP(O)(O)=S. The van der Waals surface area contributed by atoms with Gasteiger partial charge in [0.2, 0.25) is 0 Å². The fraction of sp³-hybridized carbons (Fsp3) is 1.00. The second-order valence-electron chi connectivity index (χ2n) is 2.53. The minimum Gasteiger partial charge on any atom is -0.325 e. The molecule has 6 N–H and O–H groups in total. The lowest BCUT2D eigenvalue weighted by Gasteiger charge is -1.96. The van der Waals surface area contributed by atoms with E-state index in [1.54, 1.807) is 0 Å². The quantitative estimate of drug-likeness (QED) is 0.402. The Balaban J connectivity index is -0.000000160. The van der Waals surface area contributed by atoms with Gasteiger partial charge in [-0.3, -0.25) is 0 Å². The number of hydrogen-bond donors (Lipinski definition) is 6. The van der Waals surface area contributed by atoms with Gasteiger partial charge in [-0.2, -0.15) is 11.8 Å². The van der Waals surface area contributed by atoms with E-state index in [1.165, 1.54) is 5.75 Å². The van der Waals surface area contributed by atoms with Crippen LogP contribution in [0.1, 0.15) is 20.8 Å². The van der Waals surface area contributed by atoms with E-state index < -0.39 is 13.4 Å². The van der Waals surface area contributed by atoms with Crippen molar-refractivity contribution in [3.8, 4) is 0 Å². The van der Waals surface area contributed by atoms with Gasteiger partial charge in [0.25, 0.3) is 0 Å². The molecule has 0 saturated carbocycles. The van der Waals surface area contributed by atoms with Crippen molar-refractivity contribution in [1.29, 1.82) is 0 Å². The van der Waals surface area contributed by atoms with Crippen LogP contribution in [0, 0.1) is 0 Å². The Hall–Kier alpha value is 1.41. The Morgan fingerprint density at radius 3 is 1.12 bits per heavy atom. The van der Waals surface area contributed by atoms with Crippen molar-refractivity contribution < 1.29 is 29.4 Å². The van der Waals surface area contributed by atoms with E-state index in [4.69, 9.17) is 29.4 Å². The molecule has 16 heavy (non-hydrogen) atoms. The standard InChI is InChI=1S/C5H12S.2H3O3PS/c1-4-6-5(2)3;2*1-4(2,3)5/h5H,4H2,1-3H3;2*(H3,1,2,3,5). The third-order valence-electron chi connectivity index (χ3n) is 0.500. The van der Waals surface area contributed by atoms with Gasteiger partial charge in [0, 0.05) is 0 Å². The average molecular weight is 332 g/mol. The first-order valence-electron chi connectivity index (χ1n) is 3.95. The van der Waals surface area contributed by atoms with Crippen molar-refractivity contribution in [3.05, 3.63) is 0 Å². The smallest absolute Gasteiger partial charge is 0.319 e. The van der Waals surface area contributed by atoms with Crippen LogP contribution in [0.15, 0.2) is 0 Å². The maximum atomic E-state index is 7.56. The van der Waals surface area contributed by atoms with Crippen LogP contribution in [0.25, 0.3) is 0 Å². The first-order chi connectivity index (χ1) is 6.77. The van der Waals surface area contributed by atoms with E-state index in [0.717, 1.165) is 5.25 Å². The molecule has 0 aliphatic rings. The monoisotopic (exact) mass is 332 g/mol. The van der Waals surface area contributed by atoms with Gasteiger partial charge < -0.3 is 29.4 Å². The fourth-order valence-corrected chi connectivity index (χ4v) is 1.00. The lowest BCUT2D eigenvalue weighted by Crippen LogP contribution is -1.84. The molecule has 0 rings (SSSR count). The van der Waals surface area contributed by atoms with Crippen molar-refractivity contribution >= 4 is 48.8 Å². The summed E-state index contributed by atoms with van der Waals surface area (Å²) in [5.41, 5.74) is 0. The number of thioether (sulfide) groups is 1. The second-order valence-corrected chi connectivity index (χ2v) is 9.38. The summed E-state index contributed by atoms with van der Waals surface area (Å²) >= 11 is 9.19. The van der Waals surface area contributed by atoms with Crippen molar-refractivity contribution in [3.63, 3.8) is 0 Å². The second kappa shape index (κ2) is 11.5. The van der Waals surface area contributed by atoms with Crippen LogP contribution in [0.3, 0.4) is 0 Å². The summed E-state index contributed by atoms with van der Waals surface area (Å²) in [7, 11) is 0. The van der Waals surface area contributed by atoms with Gasteiger partial charge >= 0.3 is 13.4 Å². The molecule has 0 unspecified atom stereocenters. The predicted molar refractivity (Wildman–Crippen MR) is 75.2 cm³/mol. The van der Waals surface area contributed by atoms with E-state index >= 15 is 0 Å². The van der Waals surface area contributed by atoms with Gasteiger partial charge in [0.15, 0.2) is 0 Å². The molecule has 102 valence electrons. The summed E-state index contributed by atoms with van der Waals surface area (Å²) < 4.78 is 0. The molecular formula is C5H18O6P2S3. The maximum Gasteiger partial charge on any atom is 0.319 e. The zero-order valence-corrected chi connectivity index (χ0v) is 13.3. The minimum atomic E-state index is -3.81. The Morgan fingerprint density at radius 2 is 1.12 bits per heavy atom. The minimum absolute atomic E-state index is 0.815. The molecule has 0 aliphatic carbocycles. The molecular weight excluding hydrogens is 314 g/mol. The highest BCUT2D eigenvalue weighted by atomic mass is 32.5. The first kappa shape index (κ1) is 22.6. The summed E-state index contributed by atoms with van der Waals surface area (Å²) in [6, 6.07) is 0. The summed E-state index contributed by atoms with van der Waals surface area (Å²) in [6.07, 6.45) is 0. The van der Waals surface area contributed by atoms with Crippen molar-refractivity contribution in [2.24, 2.45) is 0 Å². The highest BCUT2D eigenvalue weighted by Gasteiger charge is 1.92. The summed E-state index contributed by atoms with van der Waals surface area (Å²) in [6.45, 7) is -0.993. The number of rotatable bonds is 2. The summed E-state index contributed by atoms with van der Waals surface area (Å²) in [4.78, 5) is 45.3. The third kappa shape index (κ3) is 165. The van der Waals surface area contributed by atoms with Gasteiger partial charge in [-0.25, -0.2) is 0 Å². The van der Waals surface area contributed by atoms with Crippen LogP contribution in [-0.4, -0.2) is 40.4 Å². The summed E-state index contributed by atoms with van der Waals surface area (Å²) in [5, 5.41) is 0.815. The Kier molecular flexibility index (Phi) is 16.2. The largest absolute Gasteiger partial charge is 0.325 e. The third-order valence-corrected chi connectivity index (χ3v) is 1.50. The van der Waals surface area contributed by atoms with Gasteiger partial charge in [-0.15, -0.1) is 0 Å². The van der Waals surface area contributed by atoms with Crippen molar-refractivity contribution in [2.45, 2.75) is 26.0 Å². The molecule has 0 spiro atoms. The van der Waals surface area contributed by atoms with Gasteiger partial charge in [-0.05, 0) is 34.6 Å². The molecule has 6 nitrogen and oxygen atoms in total. The van der Waals surface area contributed by atoms with Crippen LogP contribution in [-0.2, 0) is 23.6 Å². The molecule has 0 aliphatic heterocycles. The fourth-order valence-electron chi connectivity index (χ4n) is 0.333. The van der Waals surface area contributed by atoms with Crippen LogP contribution in [0.2, 0.25) is 0 Å². The normalized spacial score (nSPS) is 11.1. The van der Waals surface area contributed by atoms with Crippen molar-refractivity contribution in [2.75, 3.05) is 5.75 Å². The van der Waals surface area contributed by atoms with Crippen molar-refractivity contribution in [1.82, 2.24) is 0 Å². The Labute approximate surface area is 110 Å². The van der Waals surface area contributed by atoms with Gasteiger partial charge in [0.05, 0.1) is 0 Å². The highest BCUT2D eigenvalue weighted by Crippen LogP contribution is 2.26. The molecule has 0 heterocycles. The molecule has 0 fully saturated rings. The van der Waals surface area contributed by atoms with Crippen LogP contribution in [0.5, 0.6) is 0 Å². The molecule has 0 saturated heterocycles. The molecule has 0 aromatic rings. The number of hydrogen-bond acceptors (Lipinski definition) is 3. The first-order valence-corrected chi connectivity index (χ1v) is 10.3. The van der Waals surface area contributed by atoms with E-state index in [9.17, 15) is 0 Å². The van der Waals surface area contributed by atoms with E-state index in [2.05, 4.69) is 44.4 Å².